The first-order valence-electron chi connectivity index (χ1n) is 15.6. The van der Waals surface area contributed by atoms with Crippen molar-refractivity contribution in [2.45, 2.75) is 69.2 Å². The second-order valence-corrected chi connectivity index (χ2v) is 13.6. The molecule has 6 rings (SSSR count). The third-order valence-electron chi connectivity index (χ3n) is 10.6. The van der Waals surface area contributed by atoms with E-state index in [-0.39, 0.29) is 42.3 Å². The normalized spacial score (nSPS) is 35.0. The minimum atomic E-state index is -0.503. The van der Waals surface area contributed by atoms with Gasteiger partial charge in [-0.1, -0.05) is 18.2 Å². The Hall–Kier alpha value is -2.52. The molecule has 6 unspecified atom stereocenters. The van der Waals surface area contributed by atoms with Gasteiger partial charge in [-0.05, 0) is 75.5 Å². The van der Waals surface area contributed by atoms with Crippen LogP contribution in [0.15, 0.2) is 30.9 Å². The summed E-state index contributed by atoms with van der Waals surface area (Å²) in [5.74, 6) is 0.130. The molecule has 7 atom stereocenters. The molecule has 11 heteroatoms. The predicted molar refractivity (Wildman–Crippen MR) is 165 cm³/mol. The van der Waals surface area contributed by atoms with Crippen molar-refractivity contribution < 1.29 is 14.3 Å². The first-order valence-corrected chi connectivity index (χ1v) is 16.0. The van der Waals surface area contributed by atoms with E-state index >= 15 is 0 Å². The number of fused-ring (bicyclic) bond motifs is 2. The average molecular weight is 610 g/mol. The van der Waals surface area contributed by atoms with Crippen molar-refractivity contribution in [1.82, 2.24) is 25.3 Å². The molecule has 43 heavy (non-hydrogen) atoms. The Bertz CT molecular complexity index is 1290. The molecule has 0 bridgehead atoms. The number of likely N-dealkylation sites (tertiary alicyclic amines) is 1. The number of nitrogens with zero attached hydrogens (tertiary/aromatic N) is 5. The summed E-state index contributed by atoms with van der Waals surface area (Å²) in [6.45, 7) is 7.70. The number of ketones is 1. The zero-order chi connectivity index (χ0) is 30.3. The lowest BCUT2D eigenvalue weighted by atomic mass is 9.61. The van der Waals surface area contributed by atoms with Gasteiger partial charge < -0.3 is 19.4 Å². The standard InChI is InChI=1S/C32H44ClN7O3/c1-4-27(41)40-15-14-39(18-23(40)10-12-34)30-25-9-11-32(17-21-16-22(33)7-8-26(21)38(3)20-32)29(42)28(25)35-31(36-30)43-19-24-6-5-13-37(24)2/h4,7-8,16,23-25,28,30-31,35-36H,1,5-6,9-11,13-15,17-20H2,2-3H3/t23?,24?,25?,28?,30?,31?,32-/m1/s1. The summed E-state index contributed by atoms with van der Waals surface area (Å²) in [7, 11) is 4.20. The maximum atomic E-state index is 14.7. The molecule has 3 saturated heterocycles. The van der Waals surface area contributed by atoms with Crippen molar-refractivity contribution in [2.24, 2.45) is 11.3 Å². The van der Waals surface area contributed by atoms with Crippen LogP contribution in [-0.2, 0) is 20.7 Å². The number of benzene rings is 1. The number of nitrogens with one attached hydrogen (secondary N) is 2. The number of carbonyl (C=O) groups is 2. The molecule has 232 valence electrons. The molecule has 5 aliphatic rings. The molecule has 0 aromatic heterocycles. The molecule has 4 heterocycles. The van der Waals surface area contributed by atoms with Crippen LogP contribution < -0.4 is 15.5 Å². The molecule has 1 amide bonds. The Labute approximate surface area is 259 Å². The summed E-state index contributed by atoms with van der Waals surface area (Å²) in [6.07, 6.45) is 5.58. The molecule has 1 saturated carbocycles. The smallest absolute Gasteiger partial charge is 0.246 e. The largest absolute Gasteiger partial charge is 0.373 e. The van der Waals surface area contributed by atoms with Gasteiger partial charge in [-0.3, -0.25) is 25.1 Å². The number of ether oxygens (including phenoxy) is 1. The number of hydrogen-bond acceptors (Lipinski definition) is 9. The Morgan fingerprint density at radius 2 is 2.07 bits per heavy atom. The van der Waals surface area contributed by atoms with Crippen molar-refractivity contribution in [2.75, 3.05) is 58.3 Å². The highest BCUT2D eigenvalue weighted by molar-refractivity contribution is 6.30. The van der Waals surface area contributed by atoms with Gasteiger partial charge in [-0.25, -0.2) is 0 Å². The number of hydrogen-bond donors (Lipinski definition) is 2. The number of piperazine rings is 1. The molecule has 4 fully saturated rings. The van der Waals surface area contributed by atoms with E-state index in [1.807, 2.05) is 12.1 Å². The van der Waals surface area contributed by atoms with Crippen molar-refractivity contribution in [3.05, 3.63) is 41.4 Å². The van der Waals surface area contributed by atoms with Gasteiger partial charge in [0.1, 0.15) is 0 Å². The fourth-order valence-corrected chi connectivity index (χ4v) is 8.53. The fourth-order valence-electron chi connectivity index (χ4n) is 8.34. The van der Waals surface area contributed by atoms with Crippen LogP contribution >= 0.6 is 11.6 Å². The lowest BCUT2D eigenvalue weighted by Crippen LogP contribution is -2.75. The molecule has 0 radical (unpaired) electrons. The summed E-state index contributed by atoms with van der Waals surface area (Å²) in [6, 6.07) is 8.00. The van der Waals surface area contributed by atoms with Crippen molar-refractivity contribution in [1.29, 1.82) is 5.26 Å². The summed E-state index contributed by atoms with van der Waals surface area (Å²) < 4.78 is 6.47. The van der Waals surface area contributed by atoms with Crippen molar-refractivity contribution in [3.63, 3.8) is 0 Å². The van der Waals surface area contributed by atoms with Crippen LogP contribution in [0.2, 0.25) is 5.02 Å². The van der Waals surface area contributed by atoms with E-state index in [0.29, 0.717) is 50.3 Å². The lowest BCUT2D eigenvalue weighted by molar-refractivity contribution is -0.152. The van der Waals surface area contributed by atoms with Crippen LogP contribution in [-0.4, -0.2) is 110 Å². The number of Topliss-reactive ketones (excluding diaryl/α,β-unsaturated/α-hetero) is 1. The number of rotatable bonds is 6. The van der Waals surface area contributed by atoms with E-state index in [4.69, 9.17) is 16.3 Å². The van der Waals surface area contributed by atoms with Crippen LogP contribution in [0.25, 0.3) is 0 Å². The highest BCUT2D eigenvalue weighted by atomic mass is 35.5. The number of nitriles is 1. The van der Waals surface area contributed by atoms with E-state index in [1.165, 1.54) is 6.08 Å². The van der Waals surface area contributed by atoms with Gasteiger partial charge in [0.05, 0.1) is 42.8 Å². The second-order valence-electron chi connectivity index (χ2n) is 13.1. The Morgan fingerprint density at radius 1 is 1.23 bits per heavy atom. The van der Waals surface area contributed by atoms with Gasteiger partial charge in [-0.2, -0.15) is 5.26 Å². The minimum absolute atomic E-state index is 0.0302. The second kappa shape index (κ2) is 12.5. The van der Waals surface area contributed by atoms with Crippen molar-refractivity contribution >= 4 is 29.0 Å². The first-order chi connectivity index (χ1) is 20.7. The van der Waals surface area contributed by atoms with E-state index < -0.39 is 11.8 Å². The van der Waals surface area contributed by atoms with Crippen LogP contribution in [0.3, 0.4) is 0 Å². The molecular formula is C32H44ClN7O3. The maximum absolute atomic E-state index is 14.7. The molecule has 1 spiro atoms. The zero-order valence-electron chi connectivity index (χ0n) is 25.3. The summed E-state index contributed by atoms with van der Waals surface area (Å²) in [5.41, 5.74) is 1.76. The van der Waals surface area contributed by atoms with E-state index in [9.17, 15) is 14.9 Å². The highest BCUT2D eigenvalue weighted by Crippen LogP contribution is 2.47. The van der Waals surface area contributed by atoms with Crippen LogP contribution in [0.1, 0.15) is 37.7 Å². The Kier molecular flexibility index (Phi) is 8.84. The molecule has 10 nitrogen and oxygen atoms in total. The number of carbonyl (C=O) groups excluding carboxylic acids is 2. The van der Waals surface area contributed by atoms with Crippen LogP contribution in [0, 0.1) is 22.7 Å². The van der Waals surface area contributed by atoms with Gasteiger partial charge in [0.2, 0.25) is 5.91 Å². The van der Waals surface area contributed by atoms with Gasteiger partial charge in [0.25, 0.3) is 0 Å². The number of anilines is 1. The van der Waals surface area contributed by atoms with Gasteiger partial charge in [0.15, 0.2) is 12.1 Å². The topological polar surface area (TPSA) is 104 Å². The Balaban J connectivity index is 1.26. The van der Waals surface area contributed by atoms with Gasteiger partial charge in [-0.15, -0.1) is 0 Å². The number of halogens is 1. The van der Waals surface area contributed by atoms with Crippen LogP contribution in [0.5, 0.6) is 0 Å². The van der Waals surface area contributed by atoms with Crippen LogP contribution in [0.4, 0.5) is 5.69 Å². The summed E-state index contributed by atoms with van der Waals surface area (Å²) >= 11 is 6.40. The lowest BCUT2D eigenvalue weighted by Gasteiger charge is -2.56. The third kappa shape index (κ3) is 5.84. The fraction of sp³-hybridized carbons (Fsp3) is 0.656. The number of likely N-dealkylation sites (N-methyl/N-ethyl adjacent to an activating group) is 1. The van der Waals surface area contributed by atoms with Crippen molar-refractivity contribution in [3.8, 4) is 6.07 Å². The average Bonchev–Trinajstić information content (AvgIpc) is 3.41. The highest BCUT2D eigenvalue weighted by Gasteiger charge is 2.56. The summed E-state index contributed by atoms with van der Waals surface area (Å²) in [5, 5.41) is 17.6. The van der Waals surface area contributed by atoms with Gasteiger partial charge in [0, 0.05) is 55.9 Å². The minimum Gasteiger partial charge on any atom is -0.373 e. The Morgan fingerprint density at radius 3 is 2.81 bits per heavy atom. The molecule has 1 aromatic rings. The predicted octanol–water partition coefficient (Wildman–Crippen LogP) is 2.19. The maximum Gasteiger partial charge on any atom is 0.246 e. The summed E-state index contributed by atoms with van der Waals surface area (Å²) in [4.78, 5) is 35.9. The quantitative estimate of drug-likeness (QED) is 0.470. The molecule has 1 aromatic carbocycles. The monoisotopic (exact) mass is 609 g/mol. The molecule has 2 N–H and O–H groups in total. The SMILES string of the molecule is C=CC(=O)N1CCN(C2NC(OCC3CCCN3C)NC3C(=O)[C@]4(CCC32)Cc2cc(Cl)ccc2N(C)C4)CC1CC#N. The molecular weight excluding hydrogens is 566 g/mol. The van der Waals surface area contributed by atoms with E-state index in [2.05, 4.69) is 58.1 Å². The number of amides is 1. The zero-order valence-corrected chi connectivity index (χ0v) is 26.1. The molecule has 4 aliphatic heterocycles. The third-order valence-corrected chi connectivity index (χ3v) is 10.8. The van der Waals surface area contributed by atoms with E-state index in [1.54, 1.807) is 4.90 Å². The first kappa shape index (κ1) is 30.5. The van der Waals surface area contributed by atoms with E-state index in [0.717, 1.165) is 43.5 Å². The molecule has 1 aliphatic carbocycles. The van der Waals surface area contributed by atoms with Gasteiger partial charge >= 0.3 is 0 Å².